The second-order valence-corrected chi connectivity index (χ2v) is 11.6. The van der Waals surface area contributed by atoms with Gasteiger partial charge in [0.15, 0.2) is 5.13 Å². The SMILES string of the molecule is C=C/C=C(\C=C/C)CCN1CCN(c2ncc(-c3ccc(-c4ccc(C(=O)OC)c(C5=CCNCC5)c4)cc3)s2)CC1. The summed E-state index contributed by atoms with van der Waals surface area (Å²) in [6.45, 7) is 12.8. The van der Waals surface area contributed by atoms with Crippen LogP contribution in [0.15, 0.2) is 91.2 Å². The van der Waals surface area contributed by atoms with E-state index in [0.717, 1.165) is 80.5 Å². The van der Waals surface area contributed by atoms with E-state index in [0.29, 0.717) is 5.56 Å². The maximum Gasteiger partial charge on any atom is 0.338 e. The molecule has 1 saturated heterocycles. The largest absolute Gasteiger partial charge is 0.465 e. The van der Waals surface area contributed by atoms with E-state index in [2.05, 4.69) is 83.3 Å². The van der Waals surface area contributed by atoms with Crippen LogP contribution < -0.4 is 10.2 Å². The predicted octanol–water partition coefficient (Wildman–Crippen LogP) is 6.84. The number of nitrogens with zero attached hydrogens (tertiary/aromatic N) is 3. The fourth-order valence-corrected chi connectivity index (χ4v) is 6.53. The molecule has 0 saturated carbocycles. The van der Waals surface area contributed by atoms with Crippen LogP contribution in [0.25, 0.3) is 27.1 Å². The average Bonchev–Trinajstić information content (AvgIpc) is 3.54. The Morgan fingerprint density at radius 1 is 1.10 bits per heavy atom. The van der Waals surface area contributed by atoms with Crippen LogP contribution in [-0.4, -0.2) is 68.8 Å². The number of anilines is 1. The fraction of sp³-hybridized carbons (Fsp3) is 0.314. The molecule has 1 N–H and O–H groups in total. The van der Waals surface area contributed by atoms with Crippen molar-refractivity contribution >= 4 is 28.0 Å². The topological polar surface area (TPSA) is 57.7 Å². The number of rotatable bonds is 10. The van der Waals surface area contributed by atoms with Gasteiger partial charge in [-0.1, -0.05) is 78.6 Å². The van der Waals surface area contributed by atoms with Crippen molar-refractivity contribution in [3.63, 3.8) is 0 Å². The lowest BCUT2D eigenvalue weighted by Gasteiger charge is -2.34. The molecule has 2 aromatic carbocycles. The summed E-state index contributed by atoms with van der Waals surface area (Å²) in [6.07, 6.45) is 14.3. The normalized spacial score (nSPS) is 16.5. The monoisotopic (exact) mass is 580 g/mol. The predicted molar refractivity (Wildman–Crippen MR) is 176 cm³/mol. The molecule has 0 amide bonds. The Labute approximate surface area is 253 Å². The molecule has 7 heteroatoms. The highest BCUT2D eigenvalue weighted by Gasteiger charge is 2.20. The number of ether oxygens (including phenoxy) is 1. The van der Waals surface area contributed by atoms with E-state index in [1.807, 2.05) is 24.4 Å². The first-order chi connectivity index (χ1) is 20.6. The Hall–Kier alpha value is -3.78. The first kappa shape index (κ1) is 29.7. The van der Waals surface area contributed by atoms with Crippen LogP contribution >= 0.6 is 11.3 Å². The first-order valence-corrected chi connectivity index (χ1v) is 15.5. The van der Waals surface area contributed by atoms with E-state index in [1.165, 1.54) is 28.7 Å². The third-order valence-electron chi connectivity index (χ3n) is 7.90. The molecule has 5 rings (SSSR count). The third kappa shape index (κ3) is 7.16. The fourth-order valence-electron chi connectivity index (χ4n) is 5.55. The van der Waals surface area contributed by atoms with Gasteiger partial charge in [-0.25, -0.2) is 9.78 Å². The molecular weight excluding hydrogens is 540 g/mol. The quantitative estimate of drug-likeness (QED) is 0.209. The molecule has 2 aliphatic heterocycles. The zero-order valence-corrected chi connectivity index (χ0v) is 25.5. The number of piperazine rings is 1. The molecule has 1 fully saturated rings. The van der Waals surface area contributed by atoms with Gasteiger partial charge in [0.05, 0.1) is 17.6 Å². The summed E-state index contributed by atoms with van der Waals surface area (Å²) >= 11 is 1.76. The summed E-state index contributed by atoms with van der Waals surface area (Å²) in [7, 11) is 1.44. The number of aromatic nitrogens is 1. The Morgan fingerprint density at radius 2 is 1.86 bits per heavy atom. The number of hydrogen-bond acceptors (Lipinski definition) is 7. The van der Waals surface area contributed by atoms with Crippen LogP contribution in [0.5, 0.6) is 0 Å². The van der Waals surface area contributed by atoms with Crippen LogP contribution in [0.4, 0.5) is 5.13 Å². The van der Waals surface area contributed by atoms with Crippen molar-refractivity contribution < 1.29 is 9.53 Å². The summed E-state index contributed by atoms with van der Waals surface area (Å²) in [6, 6.07) is 14.7. The molecule has 0 bridgehead atoms. The van der Waals surface area contributed by atoms with E-state index < -0.39 is 0 Å². The number of nitrogens with one attached hydrogen (secondary N) is 1. The molecule has 0 atom stereocenters. The molecule has 2 aliphatic rings. The minimum Gasteiger partial charge on any atom is -0.465 e. The second kappa shape index (κ2) is 14.4. The van der Waals surface area contributed by atoms with Crippen molar-refractivity contribution in [3.05, 3.63) is 102 Å². The lowest BCUT2D eigenvalue weighted by atomic mass is 9.91. The van der Waals surface area contributed by atoms with E-state index in [1.54, 1.807) is 11.3 Å². The summed E-state index contributed by atoms with van der Waals surface area (Å²) in [4.78, 5) is 23.4. The van der Waals surface area contributed by atoms with Crippen molar-refractivity contribution in [1.29, 1.82) is 0 Å². The molecule has 3 aromatic rings. The highest BCUT2D eigenvalue weighted by molar-refractivity contribution is 7.18. The van der Waals surface area contributed by atoms with Gasteiger partial charge in [-0.15, -0.1) is 0 Å². The third-order valence-corrected chi connectivity index (χ3v) is 9.01. The van der Waals surface area contributed by atoms with Crippen molar-refractivity contribution in [3.8, 4) is 21.6 Å². The highest BCUT2D eigenvalue weighted by Crippen LogP contribution is 2.34. The lowest BCUT2D eigenvalue weighted by Crippen LogP contribution is -2.46. The Morgan fingerprint density at radius 3 is 2.55 bits per heavy atom. The van der Waals surface area contributed by atoms with Crippen LogP contribution in [0, 0.1) is 0 Å². The molecule has 42 heavy (non-hydrogen) atoms. The van der Waals surface area contributed by atoms with Crippen molar-refractivity contribution in [1.82, 2.24) is 15.2 Å². The van der Waals surface area contributed by atoms with Gasteiger partial charge in [-0.2, -0.15) is 0 Å². The molecule has 0 radical (unpaired) electrons. The molecule has 0 unspecified atom stereocenters. The second-order valence-electron chi connectivity index (χ2n) is 10.6. The van der Waals surface area contributed by atoms with Gasteiger partial charge in [-0.05, 0) is 71.8 Å². The molecule has 0 aliphatic carbocycles. The molecule has 1 aromatic heterocycles. The van der Waals surface area contributed by atoms with E-state index in [4.69, 9.17) is 9.72 Å². The van der Waals surface area contributed by atoms with Gasteiger partial charge in [0.1, 0.15) is 0 Å². The van der Waals surface area contributed by atoms with Gasteiger partial charge in [0.25, 0.3) is 0 Å². The summed E-state index contributed by atoms with van der Waals surface area (Å²) in [5.41, 5.74) is 7.46. The van der Waals surface area contributed by atoms with Crippen molar-refractivity contribution in [2.75, 3.05) is 57.8 Å². The van der Waals surface area contributed by atoms with Crippen LogP contribution in [-0.2, 0) is 4.74 Å². The van der Waals surface area contributed by atoms with E-state index in [-0.39, 0.29) is 5.97 Å². The van der Waals surface area contributed by atoms with Gasteiger partial charge in [0.2, 0.25) is 0 Å². The number of esters is 1. The Balaban J connectivity index is 1.24. The smallest absolute Gasteiger partial charge is 0.338 e. The lowest BCUT2D eigenvalue weighted by molar-refractivity contribution is 0.0600. The standard InChI is InChI=1S/C35H40N4O2S/c1-4-6-26(7-5-2)16-19-38-20-22-39(23-21-38)35-37-25-33(42-35)29-10-8-27(9-11-29)30-12-13-31(34(40)41-3)32(24-30)28-14-17-36-18-15-28/h4-14,24-25,36H,1,15-23H2,2-3H3/b7-5-,26-6+. The molecule has 3 heterocycles. The zero-order valence-electron chi connectivity index (χ0n) is 24.6. The average molecular weight is 581 g/mol. The number of carbonyl (C=O) groups excluding carboxylic acids is 1. The van der Waals surface area contributed by atoms with Crippen LogP contribution in [0.1, 0.15) is 35.7 Å². The maximum atomic E-state index is 12.5. The highest BCUT2D eigenvalue weighted by atomic mass is 32.1. The molecular formula is C35H40N4O2S. The van der Waals surface area contributed by atoms with Gasteiger partial charge in [0, 0.05) is 45.5 Å². The zero-order chi connectivity index (χ0) is 29.3. The van der Waals surface area contributed by atoms with E-state index >= 15 is 0 Å². The Bertz CT molecular complexity index is 1480. The molecule has 0 spiro atoms. The summed E-state index contributed by atoms with van der Waals surface area (Å²) in [5, 5.41) is 4.44. The number of benzene rings is 2. The first-order valence-electron chi connectivity index (χ1n) is 14.7. The number of allylic oxidation sites excluding steroid dienone is 4. The van der Waals surface area contributed by atoms with Gasteiger partial charge in [-0.3, -0.25) is 4.90 Å². The number of thiazole rings is 1. The minimum atomic E-state index is -0.298. The van der Waals surface area contributed by atoms with Crippen molar-refractivity contribution in [2.24, 2.45) is 0 Å². The van der Waals surface area contributed by atoms with Crippen molar-refractivity contribution in [2.45, 2.75) is 19.8 Å². The minimum absolute atomic E-state index is 0.298. The number of methoxy groups -OCH3 is 1. The van der Waals surface area contributed by atoms with Gasteiger partial charge >= 0.3 is 5.97 Å². The van der Waals surface area contributed by atoms with E-state index in [9.17, 15) is 4.79 Å². The Kier molecular flexibility index (Phi) is 10.2. The number of carbonyl (C=O) groups is 1. The number of hydrogen-bond donors (Lipinski definition) is 1. The molecule has 6 nitrogen and oxygen atoms in total. The maximum absolute atomic E-state index is 12.5. The summed E-state index contributed by atoms with van der Waals surface area (Å²) in [5.74, 6) is -0.298. The molecule has 218 valence electrons. The summed E-state index contributed by atoms with van der Waals surface area (Å²) < 4.78 is 5.07. The van der Waals surface area contributed by atoms with Gasteiger partial charge < -0.3 is 15.0 Å². The van der Waals surface area contributed by atoms with Crippen LogP contribution in [0.2, 0.25) is 0 Å². The van der Waals surface area contributed by atoms with Crippen LogP contribution in [0.3, 0.4) is 0 Å².